The molecule has 0 heterocycles. The van der Waals surface area contributed by atoms with Gasteiger partial charge < -0.3 is 5.11 Å². The molecule has 0 unspecified atom stereocenters. The van der Waals surface area contributed by atoms with Crippen molar-refractivity contribution in [3.63, 3.8) is 0 Å². The van der Waals surface area contributed by atoms with Gasteiger partial charge in [0.25, 0.3) is 0 Å². The Morgan fingerprint density at radius 1 is 0.762 bits per heavy atom. The second-order valence-corrected chi connectivity index (χ2v) is 5.56. The molecule has 0 bridgehead atoms. The van der Waals surface area contributed by atoms with Crippen LogP contribution in [0, 0.1) is 0 Å². The summed E-state index contributed by atoms with van der Waals surface area (Å²) < 4.78 is 0. The van der Waals surface area contributed by atoms with Crippen molar-refractivity contribution in [1.29, 1.82) is 0 Å². The number of benzene rings is 1. The Labute approximate surface area is 139 Å². The number of aliphatic carboxylic acids is 1. The van der Waals surface area contributed by atoms with Crippen LogP contribution in [0.3, 0.4) is 0 Å². The molecule has 0 radical (unpaired) electrons. The third-order valence-corrected chi connectivity index (χ3v) is 3.70. The van der Waals surface area contributed by atoms with E-state index in [4.69, 9.17) is 5.11 Å². The van der Waals surface area contributed by atoms with Crippen molar-refractivity contribution >= 4 is 23.0 Å². The van der Waals surface area contributed by atoms with Crippen molar-refractivity contribution in [2.45, 2.75) is 70.6 Å². The number of carboxylic acid groups (broad SMARTS) is 1. The zero-order valence-electron chi connectivity index (χ0n) is 13.0. The second-order valence-electron chi connectivity index (χ2n) is 5.56. The zero-order chi connectivity index (χ0) is 14.5. The summed E-state index contributed by atoms with van der Waals surface area (Å²) in [4.78, 5) is 10.3. The molecule has 1 rings (SSSR count). The summed E-state index contributed by atoms with van der Waals surface area (Å²) in [5.41, 5.74) is 1.45. The quantitative estimate of drug-likeness (QED) is 0.447. The van der Waals surface area contributed by atoms with E-state index in [0.29, 0.717) is 6.42 Å². The van der Waals surface area contributed by atoms with Crippen LogP contribution in [0.4, 0.5) is 0 Å². The molecule has 2 nitrogen and oxygen atoms in total. The Kier molecular flexibility index (Phi) is 13.6. The van der Waals surface area contributed by atoms with Gasteiger partial charge in [0, 0.05) is 6.42 Å². The molecule has 0 aromatic heterocycles. The minimum atomic E-state index is -0.664. The number of hydrogen-bond donors (Lipinski definition) is 1. The summed E-state index contributed by atoms with van der Waals surface area (Å²) in [6.07, 6.45) is 12.5. The molecule has 120 valence electrons. The molecule has 0 fully saturated rings. The predicted octanol–water partition coefficient (Wildman–Crippen LogP) is 4.30. The molecule has 0 aliphatic heterocycles. The third kappa shape index (κ3) is 12.6. The Bertz CT molecular complexity index is 351. The monoisotopic (exact) mass is 358 g/mol. The molecule has 0 saturated carbocycles. The van der Waals surface area contributed by atoms with Gasteiger partial charge in [0.05, 0.1) is 0 Å². The molecule has 0 aliphatic carbocycles. The van der Waals surface area contributed by atoms with E-state index in [1.165, 1.54) is 56.9 Å². The molecule has 0 spiro atoms. The van der Waals surface area contributed by atoms with Crippen LogP contribution in [0.5, 0.6) is 0 Å². The van der Waals surface area contributed by atoms with Crippen LogP contribution in [-0.2, 0) is 11.2 Å². The number of aryl methyl sites for hydroxylation is 1. The van der Waals surface area contributed by atoms with E-state index in [2.05, 4.69) is 30.3 Å². The van der Waals surface area contributed by atoms with Gasteiger partial charge in [0.15, 0.2) is 0 Å². The van der Waals surface area contributed by atoms with E-state index in [1.807, 2.05) is 0 Å². The van der Waals surface area contributed by atoms with E-state index in [0.717, 1.165) is 12.8 Å². The molecular weight excluding hydrogens is 327 g/mol. The van der Waals surface area contributed by atoms with Gasteiger partial charge >= 0.3 is 23.0 Å². The number of carboxylic acids is 1. The van der Waals surface area contributed by atoms with Crippen molar-refractivity contribution in [3.8, 4) is 0 Å². The fraction of sp³-hybridized carbons (Fsp3) is 0.611. The van der Waals surface area contributed by atoms with Crippen LogP contribution in [0.15, 0.2) is 30.3 Å². The van der Waals surface area contributed by atoms with E-state index < -0.39 is 5.97 Å². The van der Waals surface area contributed by atoms with Crippen LogP contribution >= 0.6 is 0 Å². The molecule has 1 aromatic carbocycles. The normalized spacial score (nSPS) is 10.1. The maximum absolute atomic E-state index is 10.3. The van der Waals surface area contributed by atoms with Gasteiger partial charge in [0.1, 0.15) is 0 Å². The topological polar surface area (TPSA) is 37.3 Å². The first-order valence-corrected chi connectivity index (χ1v) is 8.05. The minimum absolute atomic E-state index is 0. The molecule has 0 aliphatic rings. The number of unbranched alkanes of at least 4 members (excludes halogenated alkanes) is 8. The van der Waals surface area contributed by atoms with Gasteiger partial charge in [-0.3, -0.25) is 4.79 Å². The van der Waals surface area contributed by atoms with E-state index in [-0.39, 0.29) is 17.1 Å². The molecular formula is C18H30O2Se. The molecule has 0 atom stereocenters. The van der Waals surface area contributed by atoms with Crippen LogP contribution in [-0.4, -0.2) is 28.1 Å². The van der Waals surface area contributed by atoms with Crippen molar-refractivity contribution in [2.24, 2.45) is 0 Å². The van der Waals surface area contributed by atoms with Gasteiger partial charge in [-0.15, -0.1) is 0 Å². The molecule has 3 heteroatoms. The Hall–Kier alpha value is -0.791. The first-order valence-electron chi connectivity index (χ1n) is 8.05. The molecule has 21 heavy (non-hydrogen) atoms. The summed E-state index contributed by atoms with van der Waals surface area (Å²) >= 11 is 0. The van der Waals surface area contributed by atoms with Gasteiger partial charge in [-0.2, -0.15) is 0 Å². The van der Waals surface area contributed by atoms with E-state index in [1.54, 1.807) is 0 Å². The molecule has 0 saturated heterocycles. The SMILES string of the molecule is O=C(O)CCCCCCCCCCCc1ccccc1.[SeH2]. The maximum atomic E-state index is 10.3. The Morgan fingerprint density at radius 3 is 1.76 bits per heavy atom. The summed E-state index contributed by atoms with van der Waals surface area (Å²) in [6.45, 7) is 0. The standard InChI is InChI=1S/C18H28O2.H2Se/c19-18(20)16-12-7-5-3-1-2-4-6-9-13-17-14-10-8-11-15-17;/h8,10-11,14-15H,1-7,9,12-13,16H2,(H,19,20);1H2. The fourth-order valence-corrected chi connectivity index (χ4v) is 2.49. The predicted molar refractivity (Wildman–Crippen MR) is 92.5 cm³/mol. The fourth-order valence-electron chi connectivity index (χ4n) is 2.49. The van der Waals surface area contributed by atoms with Crippen LogP contribution < -0.4 is 0 Å². The third-order valence-electron chi connectivity index (χ3n) is 3.70. The van der Waals surface area contributed by atoms with Crippen LogP contribution in [0.25, 0.3) is 0 Å². The summed E-state index contributed by atoms with van der Waals surface area (Å²) in [5.74, 6) is -0.664. The second kappa shape index (κ2) is 14.2. The Morgan fingerprint density at radius 2 is 1.24 bits per heavy atom. The zero-order valence-corrected chi connectivity index (χ0v) is 15.1. The average molecular weight is 357 g/mol. The first kappa shape index (κ1) is 20.2. The van der Waals surface area contributed by atoms with Crippen LogP contribution in [0.1, 0.15) is 69.8 Å². The molecule has 1 aromatic rings. The van der Waals surface area contributed by atoms with Gasteiger partial charge in [-0.1, -0.05) is 75.3 Å². The van der Waals surface area contributed by atoms with Crippen molar-refractivity contribution < 1.29 is 9.90 Å². The number of hydrogen-bond acceptors (Lipinski definition) is 1. The van der Waals surface area contributed by atoms with Crippen LogP contribution in [0.2, 0.25) is 0 Å². The van der Waals surface area contributed by atoms with Gasteiger partial charge in [-0.05, 0) is 24.8 Å². The number of rotatable bonds is 12. The van der Waals surface area contributed by atoms with Gasteiger partial charge in [-0.25, -0.2) is 0 Å². The van der Waals surface area contributed by atoms with Crippen molar-refractivity contribution in [1.82, 2.24) is 0 Å². The van der Waals surface area contributed by atoms with Gasteiger partial charge in [0.2, 0.25) is 0 Å². The molecule has 0 amide bonds. The summed E-state index contributed by atoms with van der Waals surface area (Å²) in [6, 6.07) is 10.7. The molecule has 1 N–H and O–H groups in total. The average Bonchev–Trinajstić information content (AvgIpc) is 2.45. The van der Waals surface area contributed by atoms with Crippen molar-refractivity contribution in [2.75, 3.05) is 0 Å². The first-order chi connectivity index (χ1) is 9.79. The Balaban J connectivity index is 0.00000400. The summed E-state index contributed by atoms with van der Waals surface area (Å²) in [5, 5.41) is 8.52. The van der Waals surface area contributed by atoms with E-state index >= 15 is 0 Å². The van der Waals surface area contributed by atoms with Crippen molar-refractivity contribution in [3.05, 3.63) is 35.9 Å². The van der Waals surface area contributed by atoms with E-state index in [9.17, 15) is 4.79 Å². The summed E-state index contributed by atoms with van der Waals surface area (Å²) in [7, 11) is 0. The number of carbonyl (C=O) groups is 1.